The van der Waals surface area contributed by atoms with Gasteiger partial charge in [0.05, 0.1) is 0 Å². The van der Waals surface area contributed by atoms with E-state index in [0.717, 1.165) is 32.4 Å². The Labute approximate surface area is 116 Å². The van der Waals surface area contributed by atoms with E-state index in [0.29, 0.717) is 18.4 Å². The highest BCUT2D eigenvalue weighted by atomic mass is 16.3. The maximum absolute atomic E-state index is 12.5. The molecule has 19 heavy (non-hydrogen) atoms. The van der Waals surface area contributed by atoms with Crippen LogP contribution in [0, 0.1) is 5.92 Å². The first kappa shape index (κ1) is 14.8. The molecule has 4 heteroatoms. The Morgan fingerprint density at radius 3 is 2.89 bits per heavy atom. The summed E-state index contributed by atoms with van der Waals surface area (Å²) in [6.07, 6.45) is 7.17. The van der Waals surface area contributed by atoms with Crippen molar-refractivity contribution in [3.05, 3.63) is 0 Å². The number of nitrogens with zero attached hydrogens (tertiary/aromatic N) is 1. The van der Waals surface area contributed by atoms with E-state index in [1.54, 1.807) is 0 Å². The number of hydrogen-bond donors (Lipinski definition) is 2. The summed E-state index contributed by atoms with van der Waals surface area (Å²) >= 11 is 0. The van der Waals surface area contributed by atoms with E-state index in [-0.39, 0.29) is 18.6 Å². The van der Waals surface area contributed by atoms with E-state index in [1.807, 2.05) is 4.90 Å². The van der Waals surface area contributed by atoms with Gasteiger partial charge in [0, 0.05) is 31.7 Å². The molecule has 0 bridgehead atoms. The summed E-state index contributed by atoms with van der Waals surface area (Å²) in [6, 6.07) is 0.614. The van der Waals surface area contributed by atoms with Crippen molar-refractivity contribution in [2.75, 3.05) is 19.7 Å². The van der Waals surface area contributed by atoms with Gasteiger partial charge in [0.15, 0.2) is 0 Å². The average Bonchev–Trinajstić information content (AvgIpc) is 2.42. The smallest absolute Gasteiger partial charge is 0.224 e. The SMILES string of the molecule is CC1CCCNC1CC(=O)N1CCCCC1CCO. The molecule has 0 spiro atoms. The summed E-state index contributed by atoms with van der Waals surface area (Å²) in [6.45, 7) is 4.35. The minimum Gasteiger partial charge on any atom is -0.396 e. The van der Waals surface area contributed by atoms with Crippen molar-refractivity contribution in [1.82, 2.24) is 10.2 Å². The fraction of sp³-hybridized carbons (Fsp3) is 0.933. The molecule has 0 saturated carbocycles. The molecule has 3 atom stereocenters. The Morgan fingerprint density at radius 1 is 1.32 bits per heavy atom. The highest BCUT2D eigenvalue weighted by Crippen LogP contribution is 2.23. The van der Waals surface area contributed by atoms with Crippen molar-refractivity contribution < 1.29 is 9.90 Å². The maximum Gasteiger partial charge on any atom is 0.224 e. The number of aliphatic hydroxyl groups is 1. The second kappa shape index (κ2) is 7.25. The van der Waals surface area contributed by atoms with Crippen LogP contribution in [0.5, 0.6) is 0 Å². The van der Waals surface area contributed by atoms with E-state index in [2.05, 4.69) is 12.2 Å². The molecular weight excluding hydrogens is 240 g/mol. The van der Waals surface area contributed by atoms with Gasteiger partial charge in [0.25, 0.3) is 0 Å². The Kier molecular flexibility index (Phi) is 5.64. The quantitative estimate of drug-likeness (QED) is 0.813. The van der Waals surface area contributed by atoms with Crippen LogP contribution in [0.25, 0.3) is 0 Å². The first-order chi connectivity index (χ1) is 9.22. The molecule has 2 heterocycles. The molecule has 0 aromatic rings. The Balaban J connectivity index is 1.89. The van der Waals surface area contributed by atoms with E-state index in [9.17, 15) is 4.79 Å². The number of hydrogen-bond acceptors (Lipinski definition) is 3. The van der Waals surface area contributed by atoms with Crippen LogP contribution in [0.4, 0.5) is 0 Å². The molecule has 3 unspecified atom stereocenters. The third kappa shape index (κ3) is 3.93. The molecule has 2 aliphatic heterocycles. The molecule has 0 radical (unpaired) electrons. The lowest BCUT2D eigenvalue weighted by Crippen LogP contribution is -2.48. The standard InChI is InChI=1S/C15H28N2O2/c1-12-5-4-8-16-14(12)11-15(19)17-9-3-2-6-13(17)7-10-18/h12-14,16,18H,2-11H2,1H3. The molecule has 2 N–H and O–H groups in total. The first-order valence-corrected chi connectivity index (χ1v) is 7.86. The van der Waals surface area contributed by atoms with Gasteiger partial charge in [-0.15, -0.1) is 0 Å². The summed E-state index contributed by atoms with van der Waals surface area (Å²) in [7, 11) is 0. The van der Waals surface area contributed by atoms with Crippen LogP contribution in [0.2, 0.25) is 0 Å². The van der Waals surface area contributed by atoms with Crippen molar-refractivity contribution >= 4 is 5.91 Å². The zero-order valence-electron chi connectivity index (χ0n) is 12.1. The number of rotatable bonds is 4. The lowest BCUT2D eigenvalue weighted by molar-refractivity contribution is -0.136. The van der Waals surface area contributed by atoms with Gasteiger partial charge in [-0.3, -0.25) is 4.79 Å². The summed E-state index contributed by atoms with van der Waals surface area (Å²) in [4.78, 5) is 14.5. The predicted octanol–water partition coefficient (Wildman–Crippen LogP) is 1.53. The average molecular weight is 268 g/mol. The van der Waals surface area contributed by atoms with Crippen molar-refractivity contribution in [2.24, 2.45) is 5.92 Å². The molecule has 4 nitrogen and oxygen atoms in total. The largest absolute Gasteiger partial charge is 0.396 e. The number of nitrogens with one attached hydrogen (secondary N) is 1. The fourth-order valence-corrected chi connectivity index (χ4v) is 3.47. The lowest BCUT2D eigenvalue weighted by Gasteiger charge is -2.38. The monoisotopic (exact) mass is 268 g/mol. The lowest BCUT2D eigenvalue weighted by atomic mass is 9.89. The van der Waals surface area contributed by atoms with Crippen LogP contribution in [0.3, 0.4) is 0 Å². The summed E-state index contributed by atoms with van der Waals surface area (Å²) in [5.74, 6) is 0.878. The van der Waals surface area contributed by atoms with Crippen LogP contribution in [-0.2, 0) is 4.79 Å². The Hall–Kier alpha value is -0.610. The van der Waals surface area contributed by atoms with E-state index < -0.39 is 0 Å². The highest BCUT2D eigenvalue weighted by Gasteiger charge is 2.30. The van der Waals surface area contributed by atoms with Gasteiger partial charge in [-0.2, -0.15) is 0 Å². The normalized spacial score (nSPS) is 32.3. The molecule has 0 aromatic carbocycles. The predicted molar refractivity (Wildman–Crippen MR) is 75.9 cm³/mol. The molecule has 2 fully saturated rings. The highest BCUT2D eigenvalue weighted by molar-refractivity contribution is 5.77. The molecule has 2 aliphatic rings. The van der Waals surface area contributed by atoms with Gasteiger partial charge in [-0.05, 0) is 51.0 Å². The van der Waals surface area contributed by atoms with Gasteiger partial charge < -0.3 is 15.3 Å². The topological polar surface area (TPSA) is 52.6 Å². The van der Waals surface area contributed by atoms with E-state index in [4.69, 9.17) is 5.11 Å². The number of carbonyl (C=O) groups is 1. The minimum absolute atomic E-state index is 0.187. The molecule has 110 valence electrons. The molecule has 0 aromatic heterocycles. The number of likely N-dealkylation sites (tertiary alicyclic amines) is 1. The second-order valence-corrected chi connectivity index (χ2v) is 6.13. The van der Waals surface area contributed by atoms with Crippen molar-refractivity contribution in [3.63, 3.8) is 0 Å². The van der Waals surface area contributed by atoms with Gasteiger partial charge >= 0.3 is 0 Å². The fourth-order valence-electron chi connectivity index (χ4n) is 3.47. The third-order valence-electron chi connectivity index (χ3n) is 4.73. The van der Waals surface area contributed by atoms with Gasteiger partial charge in [-0.25, -0.2) is 0 Å². The number of piperidine rings is 2. The Morgan fingerprint density at radius 2 is 2.16 bits per heavy atom. The summed E-state index contributed by atoms with van der Waals surface area (Å²) in [5.41, 5.74) is 0. The summed E-state index contributed by atoms with van der Waals surface area (Å²) < 4.78 is 0. The second-order valence-electron chi connectivity index (χ2n) is 6.13. The number of carbonyl (C=O) groups excluding carboxylic acids is 1. The van der Waals surface area contributed by atoms with Crippen LogP contribution < -0.4 is 5.32 Å². The van der Waals surface area contributed by atoms with Crippen molar-refractivity contribution in [3.8, 4) is 0 Å². The third-order valence-corrected chi connectivity index (χ3v) is 4.73. The van der Waals surface area contributed by atoms with Crippen LogP contribution in [-0.4, -0.2) is 47.7 Å². The van der Waals surface area contributed by atoms with Gasteiger partial charge in [0.2, 0.25) is 5.91 Å². The van der Waals surface area contributed by atoms with E-state index in [1.165, 1.54) is 19.3 Å². The van der Waals surface area contributed by atoms with Crippen molar-refractivity contribution in [2.45, 2.75) is 64.0 Å². The summed E-state index contributed by atoms with van der Waals surface area (Å²) in [5, 5.41) is 12.6. The minimum atomic E-state index is 0.187. The van der Waals surface area contributed by atoms with Crippen LogP contribution in [0.15, 0.2) is 0 Å². The van der Waals surface area contributed by atoms with Crippen LogP contribution >= 0.6 is 0 Å². The zero-order chi connectivity index (χ0) is 13.7. The zero-order valence-corrected chi connectivity index (χ0v) is 12.1. The van der Waals surface area contributed by atoms with Gasteiger partial charge in [0.1, 0.15) is 0 Å². The van der Waals surface area contributed by atoms with Crippen molar-refractivity contribution in [1.29, 1.82) is 0 Å². The molecule has 2 rings (SSSR count). The maximum atomic E-state index is 12.5. The molecule has 2 saturated heterocycles. The first-order valence-electron chi connectivity index (χ1n) is 7.86. The Bertz CT molecular complexity index is 294. The number of amides is 1. The van der Waals surface area contributed by atoms with Crippen LogP contribution in [0.1, 0.15) is 51.9 Å². The van der Waals surface area contributed by atoms with E-state index >= 15 is 0 Å². The number of aliphatic hydroxyl groups excluding tert-OH is 1. The van der Waals surface area contributed by atoms with Gasteiger partial charge in [-0.1, -0.05) is 6.92 Å². The molecule has 0 aliphatic carbocycles. The molecular formula is C15H28N2O2. The molecule has 1 amide bonds.